The lowest BCUT2D eigenvalue weighted by atomic mass is 10.2. The molecule has 0 unspecified atom stereocenters. The van der Waals surface area contributed by atoms with Crippen molar-refractivity contribution in [2.24, 2.45) is 0 Å². The van der Waals surface area contributed by atoms with Crippen molar-refractivity contribution < 1.29 is 4.79 Å². The fourth-order valence-electron chi connectivity index (χ4n) is 2.60. The maximum atomic E-state index is 12.4. The van der Waals surface area contributed by atoms with Crippen LogP contribution in [0.2, 0.25) is 5.02 Å². The van der Waals surface area contributed by atoms with Gasteiger partial charge in [0.2, 0.25) is 0 Å². The molecule has 26 heavy (non-hydrogen) atoms. The number of halogens is 1. The molecular weight excluding hydrogens is 366 g/mol. The predicted octanol–water partition coefficient (Wildman–Crippen LogP) is 6.26. The first kappa shape index (κ1) is 16.6. The number of nitrogens with zero attached hydrogens (tertiary/aromatic N) is 1. The molecule has 1 heterocycles. The molecule has 4 nitrogen and oxygen atoms in total. The summed E-state index contributed by atoms with van der Waals surface area (Å²) >= 11 is 7.74. The number of nitrogens with one attached hydrogen (secondary N) is 2. The summed E-state index contributed by atoms with van der Waals surface area (Å²) in [5.74, 6) is 0. The summed E-state index contributed by atoms with van der Waals surface area (Å²) in [6.07, 6.45) is 0. The number of hydrogen-bond donors (Lipinski definition) is 2. The van der Waals surface area contributed by atoms with Gasteiger partial charge in [-0.2, -0.15) is 0 Å². The zero-order valence-electron chi connectivity index (χ0n) is 13.6. The highest BCUT2D eigenvalue weighted by atomic mass is 35.5. The maximum Gasteiger partial charge on any atom is 0.323 e. The molecule has 1 aromatic heterocycles. The number of hydrogen-bond acceptors (Lipinski definition) is 3. The summed E-state index contributed by atoms with van der Waals surface area (Å²) in [5.41, 5.74) is 3.09. The molecule has 0 radical (unpaired) electrons. The molecule has 0 saturated heterocycles. The van der Waals surface area contributed by atoms with Crippen LogP contribution in [0.3, 0.4) is 0 Å². The highest BCUT2D eigenvalue weighted by Gasteiger charge is 2.13. The Kier molecular flexibility index (Phi) is 4.56. The second-order valence-corrected chi connectivity index (χ2v) is 7.09. The van der Waals surface area contributed by atoms with Crippen molar-refractivity contribution >= 4 is 50.6 Å². The number of aromatic nitrogens is 1. The smallest absolute Gasteiger partial charge is 0.308 e. The van der Waals surface area contributed by atoms with Gasteiger partial charge >= 0.3 is 6.03 Å². The van der Waals surface area contributed by atoms with Gasteiger partial charge < -0.3 is 10.6 Å². The van der Waals surface area contributed by atoms with Crippen molar-refractivity contribution in [1.82, 2.24) is 4.98 Å². The van der Waals surface area contributed by atoms with Crippen LogP contribution in [0.5, 0.6) is 0 Å². The number of rotatable bonds is 3. The SMILES string of the molecule is O=C(Nc1ccccc1)Nc1ccc(Cl)cc1-c1nc2ccccc2s1. The Morgan fingerprint density at radius 1 is 0.923 bits per heavy atom. The van der Waals surface area contributed by atoms with Crippen LogP contribution in [-0.4, -0.2) is 11.0 Å². The minimum absolute atomic E-state index is 0.319. The third-order valence-corrected chi connectivity index (χ3v) is 5.09. The monoisotopic (exact) mass is 379 g/mol. The molecular formula is C20H14ClN3OS. The molecule has 0 bridgehead atoms. The first-order chi connectivity index (χ1) is 12.7. The van der Waals surface area contributed by atoms with E-state index in [1.807, 2.05) is 60.7 Å². The molecule has 128 valence electrons. The Bertz CT molecular complexity index is 1050. The fourth-order valence-corrected chi connectivity index (χ4v) is 3.76. The van der Waals surface area contributed by atoms with E-state index in [0.29, 0.717) is 10.7 Å². The first-order valence-electron chi connectivity index (χ1n) is 7.97. The first-order valence-corrected chi connectivity index (χ1v) is 9.17. The van der Waals surface area contributed by atoms with Gasteiger partial charge in [0.05, 0.1) is 15.9 Å². The molecule has 3 aromatic carbocycles. The molecule has 6 heteroatoms. The van der Waals surface area contributed by atoms with Crippen LogP contribution in [-0.2, 0) is 0 Å². The number of urea groups is 1. The van der Waals surface area contributed by atoms with Crippen LogP contribution >= 0.6 is 22.9 Å². The lowest BCUT2D eigenvalue weighted by Crippen LogP contribution is -2.19. The van der Waals surface area contributed by atoms with Crippen LogP contribution in [0.4, 0.5) is 16.2 Å². The van der Waals surface area contributed by atoms with E-state index in [1.54, 1.807) is 23.5 Å². The van der Waals surface area contributed by atoms with Crippen LogP contribution in [0.25, 0.3) is 20.8 Å². The Labute approximate surface area is 159 Å². The number of para-hydroxylation sites is 2. The minimum Gasteiger partial charge on any atom is -0.308 e. The third kappa shape index (κ3) is 3.54. The number of carbonyl (C=O) groups is 1. The van der Waals surface area contributed by atoms with Crippen molar-refractivity contribution in [2.75, 3.05) is 10.6 Å². The van der Waals surface area contributed by atoms with Crippen molar-refractivity contribution in [2.45, 2.75) is 0 Å². The van der Waals surface area contributed by atoms with Crippen LogP contribution < -0.4 is 10.6 Å². The van der Waals surface area contributed by atoms with E-state index in [-0.39, 0.29) is 6.03 Å². The van der Waals surface area contributed by atoms with Gasteiger partial charge in [-0.15, -0.1) is 11.3 Å². The normalized spacial score (nSPS) is 10.7. The van der Waals surface area contributed by atoms with Crippen molar-refractivity contribution in [3.8, 4) is 10.6 Å². The van der Waals surface area contributed by atoms with Crippen LogP contribution in [0, 0.1) is 0 Å². The summed E-state index contributed by atoms with van der Waals surface area (Å²) in [4.78, 5) is 17.0. The van der Waals surface area contributed by atoms with Gasteiger partial charge in [0, 0.05) is 16.3 Å². The Hall–Kier alpha value is -2.89. The lowest BCUT2D eigenvalue weighted by Gasteiger charge is -2.11. The zero-order valence-corrected chi connectivity index (χ0v) is 15.1. The highest BCUT2D eigenvalue weighted by Crippen LogP contribution is 2.36. The van der Waals surface area contributed by atoms with Gasteiger partial charge in [0.15, 0.2) is 0 Å². The number of fused-ring (bicyclic) bond motifs is 1. The molecule has 0 aliphatic rings. The number of thiazole rings is 1. The summed E-state index contributed by atoms with van der Waals surface area (Å²) in [6.45, 7) is 0. The van der Waals surface area contributed by atoms with E-state index >= 15 is 0 Å². The summed E-state index contributed by atoms with van der Waals surface area (Å²) in [5, 5.41) is 7.10. The average molecular weight is 380 g/mol. The Morgan fingerprint density at radius 3 is 2.50 bits per heavy atom. The standard InChI is InChI=1S/C20H14ClN3OS/c21-13-10-11-16(24-20(25)22-14-6-2-1-3-7-14)15(12-13)19-23-17-8-4-5-9-18(17)26-19/h1-12H,(H2,22,24,25). The second-order valence-electron chi connectivity index (χ2n) is 5.62. The van der Waals surface area contributed by atoms with E-state index < -0.39 is 0 Å². The summed E-state index contributed by atoms with van der Waals surface area (Å²) in [6, 6.07) is 22.2. The van der Waals surface area contributed by atoms with Gasteiger partial charge in [0.1, 0.15) is 5.01 Å². The number of amides is 2. The van der Waals surface area contributed by atoms with E-state index in [9.17, 15) is 4.79 Å². The molecule has 0 aliphatic carbocycles. The third-order valence-electron chi connectivity index (χ3n) is 3.79. The topological polar surface area (TPSA) is 54.0 Å². The van der Waals surface area contributed by atoms with Gasteiger partial charge in [-0.1, -0.05) is 41.9 Å². The zero-order chi connectivity index (χ0) is 17.9. The minimum atomic E-state index is -0.319. The summed E-state index contributed by atoms with van der Waals surface area (Å²) < 4.78 is 1.09. The number of anilines is 2. The molecule has 0 atom stereocenters. The second kappa shape index (κ2) is 7.15. The van der Waals surface area contributed by atoms with Crippen LogP contribution in [0.15, 0.2) is 72.8 Å². The quantitative estimate of drug-likeness (QED) is 0.441. The Balaban J connectivity index is 1.65. The number of benzene rings is 3. The van der Waals surface area contributed by atoms with Gasteiger partial charge in [-0.05, 0) is 42.5 Å². The molecule has 2 N–H and O–H groups in total. The molecule has 0 spiro atoms. The van der Waals surface area contributed by atoms with E-state index in [2.05, 4.69) is 15.6 Å². The molecule has 0 aliphatic heterocycles. The molecule has 4 aromatic rings. The lowest BCUT2D eigenvalue weighted by molar-refractivity contribution is 0.262. The van der Waals surface area contributed by atoms with Gasteiger partial charge in [-0.25, -0.2) is 9.78 Å². The summed E-state index contributed by atoms with van der Waals surface area (Å²) in [7, 11) is 0. The Morgan fingerprint density at radius 2 is 1.69 bits per heavy atom. The molecule has 2 amide bonds. The van der Waals surface area contributed by atoms with Gasteiger partial charge in [0.25, 0.3) is 0 Å². The molecule has 4 rings (SSSR count). The van der Waals surface area contributed by atoms with E-state index in [1.165, 1.54) is 0 Å². The number of carbonyl (C=O) groups excluding carboxylic acids is 1. The molecule has 0 saturated carbocycles. The fraction of sp³-hybridized carbons (Fsp3) is 0. The van der Waals surface area contributed by atoms with Crippen LogP contribution in [0.1, 0.15) is 0 Å². The van der Waals surface area contributed by atoms with E-state index in [4.69, 9.17) is 11.6 Å². The maximum absolute atomic E-state index is 12.4. The van der Waals surface area contributed by atoms with E-state index in [0.717, 1.165) is 26.5 Å². The average Bonchev–Trinajstić information content (AvgIpc) is 3.08. The largest absolute Gasteiger partial charge is 0.323 e. The van der Waals surface area contributed by atoms with Crippen molar-refractivity contribution in [3.63, 3.8) is 0 Å². The van der Waals surface area contributed by atoms with Gasteiger partial charge in [-0.3, -0.25) is 0 Å². The highest BCUT2D eigenvalue weighted by molar-refractivity contribution is 7.21. The van der Waals surface area contributed by atoms with Crippen molar-refractivity contribution in [3.05, 3.63) is 77.8 Å². The predicted molar refractivity (Wildman–Crippen MR) is 109 cm³/mol. The molecule has 0 fully saturated rings. The van der Waals surface area contributed by atoms with Crippen molar-refractivity contribution in [1.29, 1.82) is 0 Å².